The van der Waals surface area contributed by atoms with Crippen molar-refractivity contribution in [3.05, 3.63) is 94.2 Å². The smallest absolute Gasteiger partial charge is 0.264 e. The molecule has 1 atom stereocenters. The molecule has 0 unspecified atom stereocenters. The van der Waals surface area contributed by atoms with Gasteiger partial charge in [0.1, 0.15) is 18.4 Å². The highest BCUT2D eigenvalue weighted by Crippen LogP contribution is 2.30. The zero-order chi connectivity index (χ0) is 29.6. The molecule has 4 rings (SSSR count). The molecule has 11 heteroatoms. The first-order valence-electron chi connectivity index (χ1n) is 13.5. The van der Waals surface area contributed by atoms with E-state index in [9.17, 15) is 22.4 Å². The summed E-state index contributed by atoms with van der Waals surface area (Å²) >= 11 is 12.4. The van der Waals surface area contributed by atoms with Crippen LogP contribution in [-0.4, -0.2) is 43.8 Å². The Balaban J connectivity index is 1.72. The van der Waals surface area contributed by atoms with E-state index >= 15 is 0 Å². The molecule has 41 heavy (non-hydrogen) atoms. The number of hydrogen-bond acceptors (Lipinski definition) is 4. The van der Waals surface area contributed by atoms with Gasteiger partial charge in [0, 0.05) is 22.6 Å². The zero-order valence-electron chi connectivity index (χ0n) is 22.6. The molecule has 1 aliphatic carbocycles. The number of rotatable bonds is 11. The molecule has 0 heterocycles. The van der Waals surface area contributed by atoms with E-state index in [0.717, 1.165) is 30.0 Å². The second-order valence-electron chi connectivity index (χ2n) is 10.0. The highest BCUT2D eigenvalue weighted by Gasteiger charge is 2.34. The molecule has 1 fully saturated rings. The largest absolute Gasteiger partial charge is 0.352 e. The summed E-state index contributed by atoms with van der Waals surface area (Å²) in [5, 5.41) is 3.44. The van der Waals surface area contributed by atoms with Gasteiger partial charge in [-0.05, 0) is 67.3 Å². The molecule has 3 aromatic rings. The third-order valence-corrected chi connectivity index (χ3v) is 9.32. The summed E-state index contributed by atoms with van der Waals surface area (Å²) in [7, 11) is -4.25. The summed E-state index contributed by atoms with van der Waals surface area (Å²) in [6.45, 7) is 1.15. The number of benzene rings is 3. The van der Waals surface area contributed by atoms with Crippen LogP contribution in [0.3, 0.4) is 0 Å². The lowest BCUT2D eigenvalue weighted by Gasteiger charge is -2.34. The number of hydrogen-bond donors (Lipinski definition) is 1. The van der Waals surface area contributed by atoms with E-state index in [1.54, 1.807) is 25.1 Å². The van der Waals surface area contributed by atoms with Crippen molar-refractivity contribution in [2.45, 2.75) is 62.6 Å². The van der Waals surface area contributed by atoms with Gasteiger partial charge in [-0.1, -0.05) is 73.3 Å². The van der Waals surface area contributed by atoms with Crippen LogP contribution in [-0.2, 0) is 26.2 Å². The predicted molar refractivity (Wildman–Crippen MR) is 159 cm³/mol. The van der Waals surface area contributed by atoms with Gasteiger partial charge in [-0.25, -0.2) is 12.8 Å². The second kappa shape index (κ2) is 13.7. The van der Waals surface area contributed by atoms with Crippen molar-refractivity contribution in [3.8, 4) is 0 Å². The Morgan fingerprint density at radius 1 is 0.976 bits per heavy atom. The van der Waals surface area contributed by atoms with Gasteiger partial charge in [0.05, 0.1) is 10.6 Å². The summed E-state index contributed by atoms with van der Waals surface area (Å²) in [6.07, 6.45) is 4.07. The quantitative estimate of drug-likeness (QED) is 0.277. The Morgan fingerprint density at radius 3 is 2.17 bits per heavy atom. The lowest BCUT2D eigenvalue weighted by Crippen LogP contribution is -2.53. The molecule has 0 aromatic heterocycles. The molecule has 218 valence electrons. The minimum absolute atomic E-state index is 0.0226. The lowest BCUT2D eigenvalue weighted by atomic mass is 10.1. The van der Waals surface area contributed by atoms with E-state index in [0.29, 0.717) is 12.0 Å². The third-order valence-electron chi connectivity index (χ3n) is 7.10. The molecule has 0 bridgehead atoms. The number of amides is 2. The second-order valence-corrected chi connectivity index (χ2v) is 12.7. The fourth-order valence-electron chi connectivity index (χ4n) is 5.01. The highest BCUT2D eigenvalue weighted by molar-refractivity contribution is 7.92. The molecule has 1 aliphatic rings. The van der Waals surface area contributed by atoms with Crippen molar-refractivity contribution in [2.75, 3.05) is 10.8 Å². The molecule has 2 amide bonds. The summed E-state index contributed by atoms with van der Waals surface area (Å²) in [5.74, 6) is -1.35. The number of nitrogens with one attached hydrogen (secondary N) is 1. The molecule has 1 N–H and O–H groups in total. The fourth-order valence-corrected chi connectivity index (χ4v) is 6.94. The zero-order valence-corrected chi connectivity index (χ0v) is 24.9. The number of carbonyl (C=O) groups is 2. The summed E-state index contributed by atoms with van der Waals surface area (Å²) < 4.78 is 42.3. The molecule has 0 spiro atoms. The van der Waals surface area contributed by atoms with Gasteiger partial charge in [0.25, 0.3) is 10.0 Å². The standard InChI is InChI=1S/C30H32Cl2FN3O4S/c1-2-28(30(38)34-25-8-6-7-9-25)35(19-21-12-14-24(33)15-13-21)29(37)20-36(26-17-22(31)16-23(32)18-26)41(39,40)27-10-4-3-5-11-27/h3-5,10-18,25,28H,2,6-9,19-20H2,1H3,(H,34,38)/t28-/m0/s1. The molecule has 0 aliphatic heterocycles. The van der Waals surface area contributed by atoms with Crippen molar-refractivity contribution < 1.29 is 22.4 Å². The Labute approximate surface area is 250 Å². The summed E-state index contributed by atoms with van der Waals surface area (Å²) in [4.78, 5) is 28.9. The van der Waals surface area contributed by atoms with E-state index in [2.05, 4.69) is 5.32 Å². The molecule has 3 aromatic carbocycles. The normalized spacial score (nSPS) is 14.4. The third kappa shape index (κ3) is 7.78. The molecule has 7 nitrogen and oxygen atoms in total. The molecule has 0 radical (unpaired) electrons. The average Bonchev–Trinajstić information content (AvgIpc) is 3.45. The Bertz CT molecular complexity index is 1450. The predicted octanol–water partition coefficient (Wildman–Crippen LogP) is 6.19. The van der Waals surface area contributed by atoms with Gasteiger partial charge in [-0.15, -0.1) is 0 Å². The Morgan fingerprint density at radius 2 is 1.59 bits per heavy atom. The van der Waals surface area contributed by atoms with Crippen LogP contribution in [0.15, 0.2) is 77.7 Å². The number of anilines is 1. The van der Waals surface area contributed by atoms with Crippen molar-refractivity contribution in [2.24, 2.45) is 0 Å². The molecular formula is C30H32Cl2FN3O4S. The maximum absolute atomic E-state index is 14.1. The van der Waals surface area contributed by atoms with Gasteiger partial charge < -0.3 is 10.2 Å². The van der Waals surface area contributed by atoms with Gasteiger partial charge in [0.2, 0.25) is 11.8 Å². The van der Waals surface area contributed by atoms with Crippen molar-refractivity contribution in [3.63, 3.8) is 0 Å². The van der Waals surface area contributed by atoms with Crippen LogP contribution in [0.4, 0.5) is 10.1 Å². The van der Waals surface area contributed by atoms with E-state index in [-0.39, 0.29) is 39.1 Å². The van der Waals surface area contributed by atoms with Crippen LogP contribution in [0.5, 0.6) is 0 Å². The average molecular weight is 621 g/mol. The topological polar surface area (TPSA) is 86.8 Å². The maximum atomic E-state index is 14.1. The van der Waals surface area contributed by atoms with E-state index < -0.39 is 34.3 Å². The van der Waals surface area contributed by atoms with Crippen LogP contribution in [0.25, 0.3) is 0 Å². The van der Waals surface area contributed by atoms with E-state index in [4.69, 9.17) is 23.2 Å². The van der Waals surface area contributed by atoms with Gasteiger partial charge in [-0.3, -0.25) is 13.9 Å². The van der Waals surface area contributed by atoms with Crippen LogP contribution >= 0.6 is 23.2 Å². The molecular weight excluding hydrogens is 588 g/mol. The first-order valence-corrected chi connectivity index (χ1v) is 15.7. The summed E-state index contributed by atoms with van der Waals surface area (Å²) in [6, 6.07) is 16.8. The molecule has 1 saturated carbocycles. The van der Waals surface area contributed by atoms with Crippen LogP contribution in [0.1, 0.15) is 44.6 Å². The van der Waals surface area contributed by atoms with Crippen molar-refractivity contribution in [1.29, 1.82) is 0 Å². The minimum Gasteiger partial charge on any atom is -0.352 e. The first-order chi connectivity index (χ1) is 19.6. The van der Waals surface area contributed by atoms with Gasteiger partial charge >= 0.3 is 0 Å². The highest BCUT2D eigenvalue weighted by atomic mass is 35.5. The Kier molecular flexibility index (Phi) is 10.3. The van der Waals surface area contributed by atoms with Gasteiger partial charge in [-0.2, -0.15) is 0 Å². The number of sulfonamides is 1. The van der Waals surface area contributed by atoms with Gasteiger partial charge in [0.15, 0.2) is 0 Å². The Hall–Kier alpha value is -3.14. The number of carbonyl (C=O) groups excluding carboxylic acids is 2. The van der Waals surface area contributed by atoms with Crippen LogP contribution < -0.4 is 9.62 Å². The minimum atomic E-state index is -4.25. The summed E-state index contributed by atoms with van der Waals surface area (Å²) in [5.41, 5.74) is 0.694. The molecule has 0 saturated heterocycles. The maximum Gasteiger partial charge on any atom is 0.264 e. The van der Waals surface area contributed by atoms with Crippen LogP contribution in [0, 0.1) is 5.82 Å². The number of halogens is 3. The van der Waals surface area contributed by atoms with Crippen LogP contribution in [0.2, 0.25) is 10.0 Å². The van der Waals surface area contributed by atoms with E-state index in [1.165, 1.54) is 59.5 Å². The monoisotopic (exact) mass is 619 g/mol. The van der Waals surface area contributed by atoms with Crippen molar-refractivity contribution >= 4 is 50.7 Å². The lowest BCUT2D eigenvalue weighted by molar-refractivity contribution is -0.140. The fraction of sp³-hybridized carbons (Fsp3) is 0.333. The SMILES string of the molecule is CC[C@@H](C(=O)NC1CCCC1)N(Cc1ccc(F)cc1)C(=O)CN(c1cc(Cl)cc(Cl)c1)S(=O)(=O)c1ccccc1. The van der Waals surface area contributed by atoms with E-state index in [1.807, 2.05) is 0 Å². The first kappa shape index (κ1) is 30.8. The van der Waals surface area contributed by atoms with Crippen molar-refractivity contribution in [1.82, 2.24) is 10.2 Å². The number of nitrogens with zero attached hydrogens (tertiary/aromatic N) is 2.